The summed E-state index contributed by atoms with van der Waals surface area (Å²) in [5.74, 6) is 0.0675. The largest absolute Gasteiger partial charge is 0.345 e. The highest BCUT2D eigenvalue weighted by atomic mass is 32.2. The van der Waals surface area contributed by atoms with Crippen molar-refractivity contribution in [1.82, 2.24) is 19.7 Å². The van der Waals surface area contributed by atoms with Gasteiger partial charge in [0.1, 0.15) is 6.54 Å². The third kappa shape index (κ3) is 4.13. The highest BCUT2D eigenvalue weighted by Gasteiger charge is 2.24. The molecule has 1 aliphatic rings. The number of carbonyl (C=O) groups excluding carboxylic acids is 1. The number of aromatic nitrogens is 3. The minimum Gasteiger partial charge on any atom is -0.345 e. The number of hydrogen-bond donors (Lipinski definition) is 0. The Morgan fingerprint density at radius 1 is 1.14 bits per heavy atom. The third-order valence-electron chi connectivity index (χ3n) is 5.07. The number of carbonyl (C=O) groups is 1. The van der Waals surface area contributed by atoms with Crippen molar-refractivity contribution in [2.45, 2.75) is 25.3 Å². The van der Waals surface area contributed by atoms with Crippen LogP contribution in [-0.4, -0.2) is 66.4 Å². The Kier molecular flexibility index (Phi) is 5.07. The molecule has 1 aliphatic heterocycles. The van der Waals surface area contributed by atoms with Crippen molar-refractivity contribution in [3.8, 4) is 0 Å². The Bertz CT molecular complexity index is 1170. The van der Waals surface area contributed by atoms with E-state index < -0.39 is 9.84 Å². The Morgan fingerprint density at radius 2 is 1.86 bits per heavy atom. The number of hydrogen-bond acceptors (Lipinski definition) is 7. The Labute approximate surface area is 173 Å². The van der Waals surface area contributed by atoms with Gasteiger partial charge >= 0.3 is 0 Å². The van der Waals surface area contributed by atoms with Crippen LogP contribution in [0.25, 0.3) is 10.2 Å². The van der Waals surface area contributed by atoms with Gasteiger partial charge in [-0.2, -0.15) is 5.10 Å². The number of piperazine rings is 1. The van der Waals surface area contributed by atoms with Gasteiger partial charge in [0.05, 0.1) is 20.8 Å². The molecule has 1 fully saturated rings. The molecule has 4 rings (SSSR count). The summed E-state index contributed by atoms with van der Waals surface area (Å²) in [7, 11) is -3.24. The highest BCUT2D eigenvalue weighted by Crippen LogP contribution is 2.31. The molecule has 29 heavy (non-hydrogen) atoms. The van der Waals surface area contributed by atoms with E-state index in [1.807, 2.05) is 24.8 Å². The summed E-state index contributed by atoms with van der Waals surface area (Å²) in [6, 6.07) is 6.99. The lowest BCUT2D eigenvalue weighted by atomic mass is 10.3. The first-order chi connectivity index (χ1) is 13.7. The number of anilines is 1. The quantitative estimate of drug-likeness (QED) is 0.624. The van der Waals surface area contributed by atoms with E-state index in [0.29, 0.717) is 31.1 Å². The van der Waals surface area contributed by atoms with Crippen LogP contribution in [-0.2, 0) is 21.2 Å². The Hall–Kier alpha value is -2.46. The molecule has 0 unspecified atom stereocenters. The van der Waals surface area contributed by atoms with Crippen LogP contribution in [0.4, 0.5) is 5.13 Å². The number of nitrogens with zero attached hydrogens (tertiary/aromatic N) is 5. The molecular weight excluding hydrogens is 410 g/mol. The van der Waals surface area contributed by atoms with E-state index in [4.69, 9.17) is 0 Å². The van der Waals surface area contributed by atoms with Crippen LogP contribution in [0.15, 0.2) is 29.2 Å². The minimum absolute atomic E-state index is 0.0675. The molecular formula is C19H23N5O3S2. The SMILES string of the molecule is Cc1cc(C)n(CC(=O)N2CCN(c3nc4ccc(S(C)(=O)=O)cc4s3)CC2)n1. The first kappa shape index (κ1) is 19.8. The van der Waals surface area contributed by atoms with Gasteiger partial charge in [-0.1, -0.05) is 11.3 Å². The Morgan fingerprint density at radius 3 is 2.48 bits per heavy atom. The number of thiazole rings is 1. The van der Waals surface area contributed by atoms with Gasteiger partial charge in [0.2, 0.25) is 5.91 Å². The molecule has 0 saturated carbocycles. The molecule has 1 amide bonds. The van der Waals surface area contributed by atoms with Gasteiger partial charge in [-0.15, -0.1) is 0 Å². The Balaban J connectivity index is 1.42. The molecule has 0 spiro atoms. The second-order valence-corrected chi connectivity index (χ2v) is 10.4. The molecule has 1 aromatic carbocycles. The van der Waals surface area contributed by atoms with Crippen molar-refractivity contribution in [3.05, 3.63) is 35.7 Å². The molecule has 154 valence electrons. The summed E-state index contributed by atoms with van der Waals surface area (Å²) < 4.78 is 26.1. The lowest BCUT2D eigenvalue weighted by molar-refractivity contribution is -0.132. The van der Waals surface area contributed by atoms with Crippen LogP contribution in [0.3, 0.4) is 0 Å². The van der Waals surface area contributed by atoms with Crippen LogP contribution >= 0.6 is 11.3 Å². The zero-order valence-corrected chi connectivity index (χ0v) is 18.3. The number of amides is 1. The standard InChI is InChI=1S/C19H23N5O3S2/c1-13-10-14(2)24(21-13)12-18(25)22-6-8-23(9-7-22)19-20-16-5-4-15(29(3,26)27)11-17(16)28-19/h4-5,10-11H,6-9,12H2,1-3H3. The van der Waals surface area contributed by atoms with Crippen LogP contribution in [0.1, 0.15) is 11.4 Å². The zero-order valence-electron chi connectivity index (χ0n) is 16.6. The molecule has 0 N–H and O–H groups in total. The van der Waals surface area contributed by atoms with Crippen molar-refractivity contribution in [1.29, 1.82) is 0 Å². The van der Waals surface area contributed by atoms with Crippen LogP contribution in [0.5, 0.6) is 0 Å². The van der Waals surface area contributed by atoms with E-state index in [1.165, 1.54) is 17.6 Å². The van der Waals surface area contributed by atoms with Gasteiger partial charge < -0.3 is 9.80 Å². The van der Waals surface area contributed by atoms with Gasteiger partial charge in [-0.3, -0.25) is 9.48 Å². The zero-order chi connectivity index (χ0) is 20.8. The minimum atomic E-state index is -3.24. The van der Waals surface area contributed by atoms with Gasteiger partial charge in [0.25, 0.3) is 0 Å². The van der Waals surface area contributed by atoms with E-state index in [1.54, 1.807) is 22.9 Å². The molecule has 2 aromatic heterocycles. The van der Waals surface area contributed by atoms with Gasteiger partial charge in [0.15, 0.2) is 15.0 Å². The average molecular weight is 434 g/mol. The van der Waals surface area contributed by atoms with Crippen LogP contribution < -0.4 is 4.90 Å². The summed E-state index contributed by atoms with van der Waals surface area (Å²) in [6.45, 7) is 6.78. The summed E-state index contributed by atoms with van der Waals surface area (Å²) in [5.41, 5.74) is 2.69. The normalized spacial score (nSPS) is 15.3. The monoisotopic (exact) mass is 433 g/mol. The first-order valence-corrected chi connectivity index (χ1v) is 12.1. The maximum Gasteiger partial charge on any atom is 0.244 e. The summed E-state index contributed by atoms with van der Waals surface area (Å²) in [4.78, 5) is 21.6. The van der Waals surface area contributed by atoms with Crippen LogP contribution in [0, 0.1) is 13.8 Å². The fraction of sp³-hybridized carbons (Fsp3) is 0.421. The van der Waals surface area contributed by atoms with E-state index in [0.717, 1.165) is 26.7 Å². The number of rotatable bonds is 4. The molecule has 10 heteroatoms. The van der Waals surface area contributed by atoms with Crippen molar-refractivity contribution >= 4 is 42.4 Å². The fourth-order valence-corrected chi connectivity index (χ4v) is 5.25. The fourth-order valence-electron chi connectivity index (χ4n) is 3.47. The van der Waals surface area contributed by atoms with E-state index >= 15 is 0 Å². The number of aryl methyl sites for hydroxylation is 2. The molecule has 0 atom stereocenters. The number of fused-ring (bicyclic) bond motifs is 1. The van der Waals surface area contributed by atoms with Crippen molar-refractivity contribution in [3.63, 3.8) is 0 Å². The average Bonchev–Trinajstić information content (AvgIpc) is 3.23. The van der Waals surface area contributed by atoms with E-state index in [2.05, 4.69) is 15.0 Å². The second kappa shape index (κ2) is 7.42. The summed E-state index contributed by atoms with van der Waals surface area (Å²) >= 11 is 1.48. The maximum absolute atomic E-state index is 12.6. The number of benzene rings is 1. The molecule has 3 heterocycles. The van der Waals surface area contributed by atoms with Crippen LogP contribution in [0.2, 0.25) is 0 Å². The molecule has 3 aromatic rings. The topological polar surface area (TPSA) is 88.4 Å². The van der Waals surface area contributed by atoms with E-state index in [-0.39, 0.29) is 12.5 Å². The third-order valence-corrected chi connectivity index (χ3v) is 7.26. The molecule has 8 nitrogen and oxygen atoms in total. The molecule has 0 radical (unpaired) electrons. The molecule has 1 saturated heterocycles. The van der Waals surface area contributed by atoms with Gasteiger partial charge in [0, 0.05) is 38.1 Å². The predicted molar refractivity (Wildman–Crippen MR) is 113 cm³/mol. The smallest absolute Gasteiger partial charge is 0.244 e. The summed E-state index contributed by atoms with van der Waals surface area (Å²) in [6.07, 6.45) is 1.21. The van der Waals surface area contributed by atoms with Gasteiger partial charge in [-0.25, -0.2) is 13.4 Å². The van der Waals surface area contributed by atoms with Crippen molar-refractivity contribution in [2.24, 2.45) is 0 Å². The maximum atomic E-state index is 12.6. The molecule has 0 bridgehead atoms. The predicted octanol–water partition coefficient (Wildman–Crippen LogP) is 1.86. The second-order valence-electron chi connectivity index (χ2n) is 7.35. The highest BCUT2D eigenvalue weighted by molar-refractivity contribution is 7.90. The molecule has 0 aliphatic carbocycles. The lowest BCUT2D eigenvalue weighted by Gasteiger charge is -2.34. The van der Waals surface area contributed by atoms with Crippen molar-refractivity contribution < 1.29 is 13.2 Å². The first-order valence-electron chi connectivity index (χ1n) is 9.35. The summed E-state index contributed by atoms with van der Waals surface area (Å²) in [5, 5.41) is 5.22. The van der Waals surface area contributed by atoms with Crippen molar-refractivity contribution in [2.75, 3.05) is 37.3 Å². The van der Waals surface area contributed by atoms with Gasteiger partial charge in [-0.05, 0) is 38.1 Å². The lowest BCUT2D eigenvalue weighted by Crippen LogP contribution is -2.49. The number of sulfone groups is 1. The van der Waals surface area contributed by atoms with E-state index in [9.17, 15) is 13.2 Å².